The first-order valence-electron chi connectivity index (χ1n) is 7.45. The van der Waals surface area contributed by atoms with Gasteiger partial charge in [-0.05, 0) is 25.2 Å². The first-order valence-corrected chi connectivity index (χ1v) is 7.45. The van der Waals surface area contributed by atoms with E-state index in [0.29, 0.717) is 31.6 Å². The molecular formula is C15H25NO4. The van der Waals surface area contributed by atoms with E-state index in [1.54, 1.807) is 6.92 Å². The Hall–Kier alpha value is -1.39. The molecule has 1 fully saturated rings. The molecule has 5 nitrogen and oxygen atoms in total. The van der Waals surface area contributed by atoms with Crippen LogP contribution >= 0.6 is 0 Å². The summed E-state index contributed by atoms with van der Waals surface area (Å²) in [6, 6.07) is -0.704. The normalized spacial score (nSPS) is 16.7. The first-order chi connectivity index (χ1) is 9.56. The summed E-state index contributed by atoms with van der Waals surface area (Å²) in [5.74, 6) is -0.0700. The van der Waals surface area contributed by atoms with Crippen LogP contribution in [0, 0.1) is 5.92 Å². The number of ketones is 1. The Labute approximate surface area is 120 Å². The SMILES string of the molecule is CCC(=O)CC[C@H](NC(=O)CC1CCCC1)C(=O)OC. The fraction of sp³-hybridized carbons (Fsp3) is 0.800. The lowest BCUT2D eigenvalue weighted by atomic mass is 10.0. The molecule has 0 saturated heterocycles. The van der Waals surface area contributed by atoms with Gasteiger partial charge in [0.2, 0.25) is 5.91 Å². The van der Waals surface area contributed by atoms with Crippen LogP contribution in [0.1, 0.15) is 58.3 Å². The average Bonchev–Trinajstić information content (AvgIpc) is 2.94. The van der Waals surface area contributed by atoms with Crippen LogP contribution < -0.4 is 5.32 Å². The van der Waals surface area contributed by atoms with Crippen molar-refractivity contribution in [3.05, 3.63) is 0 Å². The predicted octanol–water partition coefficient (Wildman–Crippen LogP) is 1.98. The van der Waals surface area contributed by atoms with Crippen LogP contribution in [-0.4, -0.2) is 30.8 Å². The fourth-order valence-electron chi connectivity index (χ4n) is 2.60. The zero-order valence-electron chi connectivity index (χ0n) is 12.4. The van der Waals surface area contributed by atoms with E-state index < -0.39 is 12.0 Å². The lowest BCUT2D eigenvalue weighted by Crippen LogP contribution is -2.42. The number of hydrogen-bond acceptors (Lipinski definition) is 4. The molecule has 1 amide bonds. The maximum atomic E-state index is 11.9. The summed E-state index contributed by atoms with van der Waals surface area (Å²) >= 11 is 0. The maximum absolute atomic E-state index is 11.9. The van der Waals surface area contributed by atoms with Crippen molar-refractivity contribution in [1.82, 2.24) is 5.32 Å². The molecule has 114 valence electrons. The number of amides is 1. The topological polar surface area (TPSA) is 72.5 Å². The average molecular weight is 283 g/mol. The van der Waals surface area contributed by atoms with Crippen molar-refractivity contribution in [1.29, 1.82) is 0 Å². The van der Waals surface area contributed by atoms with E-state index in [-0.39, 0.29) is 11.7 Å². The van der Waals surface area contributed by atoms with Crippen LogP contribution in [0.2, 0.25) is 0 Å². The van der Waals surface area contributed by atoms with E-state index in [0.717, 1.165) is 12.8 Å². The summed E-state index contributed by atoms with van der Waals surface area (Å²) in [7, 11) is 1.29. The van der Waals surface area contributed by atoms with Gasteiger partial charge in [-0.2, -0.15) is 0 Å². The zero-order chi connectivity index (χ0) is 15.0. The highest BCUT2D eigenvalue weighted by molar-refractivity contribution is 5.85. The van der Waals surface area contributed by atoms with Gasteiger partial charge in [-0.15, -0.1) is 0 Å². The fourth-order valence-corrected chi connectivity index (χ4v) is 2.60. The number of hydrogen-bond donors (Lipinski definition) is 1. The van der Waals surface area contributed by atoms with E-state index in [4.69, 9.17) is 0 Å². The van der Waals surface area contributed by atoms with Crippen molar-refractivity contribution < 1.29 is 19.1 Å². The highest BCUT2D eigenvalue weighted by Crippen LogP contribution is 2.27. The van der Waals surface area contributed by atoms with Crippen molar-refractivity contribution in [2.45, 2.75) is 64.3 Å². The Kier molecular flexibility index (Phi) is 7.26. The van der Waals surface area contributed by atoms with Crippen LogP contribution in [0.3, 0.4) is 0 Å². The first kappa shape index (κ1) is 16.7. The number of methoxy groups -OCH3 is 1. The van der Waals surface area contributed by atoms with E-state index in [1.165, 1.54) is 20.0 Å². The van der Waals surface area contributed by atoms with Gasteiger partial charge in [0.15, 0.2) is 0 Å². The Bertz CT molecular complexity index is 348. The third-order valence-corrected chi connectivity index (χ3v) is 3.88. The van der Waals surface area contributed by atoms with Crippen LogP contribution in [0.15, 0.2) is 0 Å². The molecule has 0 aromatic heterocycles. The van der Waals surface area contributed by atoms with Crippen LogP contribution in [0.5, 0.6) is 0 Å². The number of carbonyl (C=O) groups is 3. The van der Waals surface area contributed by atoms with Gasteiger partial charge in [0.05, 0.1) is 7.11 Å². The minimum atomic E-state index is -0.704. The highest BCUT2D eigenvalue weighted by Gasteiger charge is 2.24. The number of nitrogens with one attached hydrogen (secondary N) is 1. The van der Waals surface area contributed by atoms with Gasteiger partial charge in [0.1, 0.15) is 11.8 Å². The molecule has 1 aliphatic carbocycles. The third-order valence-electron chi connectivity index (χ3n) is 3.88. The van der Waals surface area contributed by atoms with Gasteiger partial charge >= 0.3 is 5.97 Å². The molecule has 0 aromatic rings. The molecule has 20 heavy (non-hydrogen) atoms. The second-order valence-electron chi connectivity index (χ2n) is 5.43. The Morgan fingerprint density at radius 2 is 1.90 bits per heavy atom. The molecule has 0 heterocycles. The quantitative estimate of drug-likeness (QED) is 0.691. The Balaban J connectivity index is 2.43. The second-order valence-corrected chi connectivity index (χ2v) is 5.43. The molecule has 1 atom stereocenters. The van der Waals surface area contributed by atoms with E-state index in [9.17, 15) is 14.4 Å². The minimum absolute atomic E-state index is 0.0870. The highest BCUT2D eigenvalue weighted by atomic mass is 16.5. The Morgan fingerprint density at radius 3 is 2.45 bits per heavy atom. The molecule has 0 aliphatic heterocycles. The van der Waals surface area contributed by atoms with Gasteiger partial charge < -0.3 is 10.1 Å². The van der Waals surface area contributed by atoms with Gasteiger partial charge in [0, 0.05) is 19.3 Å². The molecule has 0 bridgehead atoms. The summed E-state index contributed by atoms with van der Waals surface area (Å²) in [5, 5.41) is 2.71. The monoisotopic (exact) mass is 283 g/mol. The lowest BCUT2D eigenvalue weighted by Gasteiger charge is -2.17. The number of ether oxygens (including phenoxy) is 1. The van der Waals surface area contributed by atoms with Gasteiger partial charge in [-0.1, -0.05) is 19.8 Å². The molecule has 0 spiro atoms. The smallest absolute Gasteiger partial charge is 0.328 e. The molecular weight excluding hydrogens is 258 g/mol. The van der Waals surface area contributed by atoms with E-state index >= 15 is 0 Å². The zero-order valence-corrected chi connectivity index (χ0v) is 12.4. The lowest BCUT2D eigenvalue weighted by molar-refractivity contribution is -0.145. The molecule has 1 rings (SSSR count). The van der Waals surface area contributed by atoms with Crippen LogP contribution in [0.25, 0.3) is 0 Å². The van der Waals surface area contributed by atoms with Gasteiger partial charge in [-0.3, -0.25) is 9.59 Å². The number of Topliss-reactive ketones (excluding diaryl/α,β-unsaturated/α-hetero) is 1. The molecule has 1 aliphatic rings. The number of rotatable bonds is 8. The summed E-state index contributed by atoms with van der Waals surface area (Å²) in [4.78, 5) is 34.9. The summed E-state index contributed by atoms with van der Waals surface area (Å²) in [6.07, 6.45) is 6.07. The van der Waals surface area contributed by atoms with Crippen molar-refractivity contribution in [2.24, 2.45) is 5.92 Å². The molecule has 1 N–H and O–H groups in total. The molecule has 0 radical (unpaired) electrons. The Morgan fingerprint density at radius 1 is 1.25 bits per heavy atom. The predicted molar refractivity (Wildman–Crippen MR) is 75.1 cm³/mol. The molecule has 1 saturated carbocycles. The summed E-state index contributed by atoms with van der Waals surface area (Å²) in [6.45, 7) is 1.79. The van der Waals surface area contributed by atoms with Crippen molar-refractivity contribution in [2.75, 3.05) is 7.11 Å². The largest absolute Gasteiger partial charge is 0.467 e. The molecule has 0 unspecified atom stereocenters. The van der Waals surface area contributed by atoms with Crippen molar-refractivity contribution in [3.8, 4) is 0 Å². The standard InChI is InChI=1S/C15H25NO4/c1-3-12(17)8-9-13(15(19)20-2)16-14(18)10-11-6-4-5-7-11/h11,13H,3-10H2,1-2H3,(H,16,18)/t13-/m0/s1. The minimum Gasteiger partial charge on any atom is -0.467 e. The van der Waals surface area contributed by atoms with Crippen LogP contribution in [0.4, 0.5) is 0 Å². The second kappa shape index (κ2) is 8.72. The maximum Gasteiger partial charge on any atom is 0.328 e. The number of carbonyl (C=O) groups excluding carboxylic acids is 3. The molecule has 5 heteroatoms. The van der Waals surface area contributed by atoms with E-state index in [2.05, 4.69) is 10.1 Å². The van der Waals surface area contributed by atoms with Gasteiger partial charge in [0.25, 0.3) is 0 Å². The molecule has 0 aromatic carbocycles. The summed E-state index contributed by atoms with van der Waals surface area (Å²) < 4.78 is 4.68. The number of esters is 1. The summed E-state index contributed by atoms with van der Waals surface area (Å²) in [5.41, 5.74) is 0. The van der Waals surface area contributed by atoms with Gasteiger partial charge in [-0.25, -0.2) is 4.79 Å². The van der Waals surface area contributed by atoms with Crippen LogP contribution in [-0.2, 0) is 19.1 Å². The third kappa shape index (κ3) is 5.72. The van der Waals surface area contributed by atoms with E-state index in [1.807, 2.05) is 0 Å². The van der Waals surface area contributed by atoms with Crippen molar-refractivity contribution in [3.63, 3.8) is 0 Å². The van der Waals surface area contributed by atoms with Crippen molar-refractivity contribution >= 4 is 17.7 Å².